The Hall–Kier alpha value is -1.87. The van der Waals surface area contributed by atoms with Crippen LogP contribution in [0.5, 0.6) is 0 Å². The second-order valence-electron chi connectivity index (χ2n) is 3.78. The Balaban J connectivity index is 2.43. The molecule has 2 nitrogen and oxygen atoms in total. The first-order valence-electron chi connectivity index (χ1n) is 5.43. The molecule has 0 atom stereocenters. The molecule has 0 spiro atoms. The number of hydrogen-bond acceptors (Lipinski definition) is 1. The van der Waals surface area contributed by atoms with Crippen molar-refractivity contribution in [3.8, 4) is 0 Å². The lowest BCUT2D eigenvalue weighted by Gasteiger charge is -2.03. The molecule has 3 heteroatoms. The summed E-state index contributed by atoms with van der Waals surface area (Å²) < 4.78 is 0.969. The van der Waals surface area contributed by atoms with Gasteiger partial charge in [0.05, 0.1) is 5.57 Å². The predicted molar refractivity (Wildman–Crippen MR) is 76.1 cm³/mol. The topological polar surface area (TPSA) is 37.3 Å². The van der Waals surface area contributed by atoms with E-state index in [1.807, 2.05) is 42.5 Å². The van der Waals surface area contributed by atoms with E-state index in [0.29, 0.717) is 5.56 Å². The highest BCUT2D eigenvalue weighted by Crippen LogP contribution is 2.19. The highest BCUT2D eigenvalue weighted by Gasteiger charge is 2.09. The number of aliphatic carboxylic acids is 1. The summed E-state index contributed by atoms with van der Waals surface area (Å²) in [5, 5.41) is 9.27. The Kier molecular flexibility index (Phi) is 3.95. The van der Waals surface area contributed by atoms with Crippen molar-refractivity contribution in [2.45, 2.75) is 0 Å². The molecular weight excluding hydrogens is 292 g/mol. The van der Waals surface area contributed by atoms with E-state index in [1.165, 1.54) is 0 Å². The summed E-state index contributed by atoms with van der Waals surface area (Å²) in [4.78, 5) is 11.3. The molecule has 0 aliphatic carbocycles. The molecule has 0 aromatic heterocycles. The minimum atomic E-state index is -0.927. The molecule has 18 heavy (non-hydrogen) atoms. The van der Waals surface area contributed by atoms with Gasteiger partial charge in [-0.25, -0.2) is 4.79 Å². The minimum Gasteiger partial charge on any atom is -0.478 e. The lowest BCUT2D eigenvalue weighted by Crippen LogP contribution is -1.99. The molecule has 1 N–H and O–H groups in total. The third kappa shape index (κ3) is 3.08. The molecule has 0 amide bonds. The van der Waals surface area contributed by atoms with E-state index in [1.54, 1.807) is 18.2 Å². The number of halogens is 1. The predicted octanol–water partition coefficient (Wildman–Crippen LogP) is 4.07. The van der Waals surface area contributed by atoms with Gasteiger partial charge in [-0.1, -0.05) is 58.4 Å². The smallest absolute Gasteiger partial charge is 0.336 e. The van der Waals surface area contributed by atoms with Crippen molar-refractivity contribution in [2.24, 2.45) is 0 Å². The van der Waals surface area contributed by atoms with Crippen LogP contribution in [0, 0.1) is 0 Å². The van der Waals surface area contributed by atoms with E-state index in [2.05, 4.69) is 15.9 Å². The van der Waals surface area contributed by atoms with Crippen LogP contribution in [0.1, 0.15) is 11.1 Å². The lowest BCUT2D eigenvalue weighted by atomic mass is 10.0. The third-order valence-electron chi connectivity index (χ3n) is 2.50. The van der Waals surface area contributed by atoms with Crippen molar-refractivity contribution in [2.75, 3.05) is 0 Å². The SMILES string of the molecule is O=C(O)/C(=C/c1ccc(Br)cc1)c1ccccc1. The molecule has 2 rings (SSSR count). The molecule has 0 bridgehead atoms. The van der Waals surface area contributed by atoms with Gasteiger partial charge in [-0.15, -0.1) is 0 Å². The second-order valence-corrected chi connectivity index (χ2v) is 4.70. The van der Waals surface area contributed by atoms with Gasteiger partial charge < -0.3 is 5.11 Å². The number of carboxylic acids is 1. The Morgan fingerprint density at radius 1 is 1.00 bits per heavy atom. The number of hydrogen-bond donors (Lipinski definition) is 1. The van der Waals surface area contributed by atoms with E-state index in [-0.39, 0.29) is 5.57 Å². The van der Waals surface area contributed by atoms with E-state index >= 15 is 0 Å². The van der Waals surface area contributed by atoms with Crippen molar-refractivity contribution in [3.63, 3.8) is 0 Å². The van der Waals surface area contributed by atoms with Crippen LogP contribution in [-0.2, 0) is 4.79 Å². The number of benzene rings is 2. The molecular formula is C15H11BrO2. The minimum absolute atomic E-state index is 0.290. The summed E-state index contributed by atoms with van der Waals surface area (Å²) in [6.45, 7) is 0. The van der Waals surface area contributed by atoms with Gasteiger partial charge in [0.25, 0.3) is 0 Å². The van der Waals surface area contributed by atoms with E-state index < -0.39 is 5.97 Å². The van der Waals surface area contributed by atoms with Gasteiger partial charge in [-0.2, -0.15) is 0 Å². The molecule has 0 radical (unpaired) electrons. The van der Waals surface area contributed by atoms with Crippen molar-refractivity contribution in [1.82, 2.24) is 0 Å². The second kappa shape index (κ2) is 5.65. The molecule has 0 heterocycles. The van der Waals surface area contributed by atoms with Crippen molar-refractivity contribution < 1.29 is 9.90 Å². The van der Waals surface area contributed by atoms with Gasteiger partial charge in [0.2, 0.25) is 0 Å². The normalized spacial score (nSPS) is 11.3. The van der Waals surface area contributed by atoms with Crippen molar-refractivity contribution in [1.29, 1.82) is 0 Å². The summed E-state index contributed by atoms with van der Waals surface area (Å²) in [6.07, 6.45) is 1.67. The largest absolute Gasteiger partial charge is 0.478 e. The summed E-state index contributed by atoms with van der Waals surface area (Å²) in [7, 11) is 0. The zero-order chi connectivity index (χ0) is 13.0. The highest BCUT2D eigenvalue weighted by molar-refractivity contribution is 9.10. The summed E-state index contributed by atoms with van der Waals surface area (Å²) in [5.74, 6) is -0.927. The van der Waals surface area contributed by atoms with Crippen LogP contribution in [0.25, 0.3) is 11.6 Å². The molecule has 0 aliphatic rings. The van der Waals surface area contributed by atoms with Crippen LogP contribution in [0.2, 0.25) is 0 Å². The fourth-order valence-electron chi connectivity index (χ4n) is 1.61. The van der Waals surface area contributed by atoms with Crippen molar-refractivity contribution in [3.05, 3.63) is 70.2 Å². The monoisotopic (exact) mass is 302 g/mol. The first kappa shape index (κ1) is 12.6. The number of carbonyl (C=O) groups is 1. The van der Waals surface area contributed by atoms with Gasteiger partial charge >= 0.3 is 5.97 Å². The maximum atomic E-state index is 11.3. The quantitative estimate of drug-likeness (QED) is 0.685. The van der Waals surface area contributed by atoms with Gasteiger partial charge in [-0.05, 0) is 29.3 Å². The van der Waals surface area contributed by atoms with Gasteiger partial charge in [-0.3, -0.25) is 0 Å². The average molecular weight is 303 g/mol. The lowest BCUT2D eigenvalue weighted by molar-refractivity contribution is -0.130. The first-order chi connectivity index (χ1) is 8.66. The fourth-order valence-corrected chi connectivity index (χ4v) is 1.88. The third-order valence-corrected chi connectivity index (χ3v) is 3.02. The zero-order valence-corrected chi connectivity index (χ0v) is 11.1. The maximum absolute atomic E-state index is 11.3. The zero-order valence-electron chi connectivity index (χ0n) is 9.51. The summed E-state index contributed by atoms with van der Waals surface area (Å²) >= 11 is 3.35. The molecule has 90 valence electrons. The number of carboxylic acid groups (broad SMARTS) is 1. The molecule has 2 aromatic carbocycles. The molecule has 0 fully saturated rings. The molecule has 0 aliphatic heterocycles. The van der Waals surface area contributed by atoms with Gasteiger partial charge in [0, 0.05) is 4.47 Å². The Morgan fingerprint density at radius 2 is 1.61 bits per heavy atom. The van der Waals surface area contributed by atoms with Crippen LogP contribution < -0.4 is 0 Å². The van der Waals surface area contributed by atoms with E-state index in [4.69, 9.17) is 0 Å². The van der Waals surface area contributed by atoms with Crippen LogP contribution >= 0.6 is 15.9 Å². The first-order valence-corrected chi connectivity index (χ1v) is 6.22. The standard InChI is InChI=1S/C15H11BrO2/c16-13-8-6-11(7-9-13)10-14(15(17)18)12-4-2-1-3-5-12/h1-10H,(H,17,18)/b14-10+. The fraction of sp³-hybridized carbons (Fsp3) is 0. The van der Waals surface area contributed by atoms with Gasteiger partial charge in [0.15, 0.2) is 0 Å². The van der Waals surface area contributed by atoms with Gasteiger partial charge in [0.1, 0.15) is 0 Å². The molecule has 0 unspecified atom stereocenters. The van der Waals surface area contributed by atoms with Crippen LogP contribution in [0.3, 0.4) is 0 Å². The van der Waals surface area contributed by atoms with Crippen LogP contribution in [0.15, 0.2) is 59.1 Å². The van der Waals surface area contributed by atoms with Crippen LogP contribution in [0.4, 0.5) is 0 Å². The Labute approximate surface area is 114 Å². The molecule has 0 saturated carbocycles. The molecule has 2 aromatic rings. The van der Waals surface area contributed by atoms with Crippen molar-refractivity contribution >= 4 is 33.5 Å². The average Bonchev–Trinajstić information content (AvgIpc) is 2.38. The summed E-state index contributed by atoms with van der Waals surface area (Å²) in [6, 6.07) is 16.6. The van der Waals surface area contributed by atoms with E-state index in [0.717, 1.165) is 10.0 Å². The van der Waals surface area contributed by atoms with Crippen LogP contribution in [-0.4, -0.2) is 11.1 Å². The summed E-state index contributed by atoms with van der Waals surface area (Å²) in [5.41, 5.74) is 1.85. The molecule has 0 saturated heterocycles. The maximum Gasteiger partial charge on any atom is 0.336 e. The Morgan fingerprint density at radius 3 is 2.17 bits per heavy atom. The van der Waals surface area contributed by atoms with E-state index in [9.17, 15) is 9.90 Å². The number of rotatable bonds is 3. The Bertz CT molecular complexity index is 571. The highest BCUT2D eigenvalue weighted by atomic mass is 79.9.